The highest BCUT2D eigenvalue weighted by molar-refractivity contribution is 5.85. The molecule has 20 heavy (non-hydrogen) atoms. The summed E-state index contributed by atoms with van der Waals surface area (Å²) in [5.74, 6) is -0.224. The average molecular weight is 263 g/mol. The number of nitrogens with zero attached hydrogens (tertiary/aromatic N) is 2. The summed E-state index contributed by atoms with van der Waals surface area (Å²) in [5, 5.41) is 10.4. The zero-order chi connectivity index (χ0) is 14.1. The number of carbonyl (C=O) groups excluding carboxylic acids is 1. The molecule has 1 amide bonds. The molecule has 98 valence electrons. The van der Waals surface area contributed by atoms with Crippen LogP contribution in [0.25, 0.3) is 10.9 Å². The number of aromatic amines is 1. The number of benzene rings is 1. The van der Waals surface area contributed by atoms with Crippen molar-refractivity contribution in [1.29, 1.82) is 5.26 Å². The number of amides is 1. The van der Waals surface area contributed by atoms with Crippen molar-refractivity contribution in [3.8, 4) is 6.07 Å². The van der Waals surface area contributed by atoms with E-state index in [4.69, 9.17) is 0 Å². The molecule has 4 nitrogen and oxygen atoms in total. The van der Waals surface area contributed by atoms with E-state index in [1.807, 2.05) is 36.5 Å². The van der Waals surface area contributed by atoms with Gasteiger partial charge in [-0.3, -0.25) is 9.69 Å². The van der Waals surface area contributed by atoms with Crippen LogP contribution in [-0.2, 0) is 4.79 Å². The number of H-pyrrole nitrogens is 1. The molecule has 1 aliphatic heterocycles. The molecule has 1 aromatic carbocycles. The predicted molar refractivity (Wildman–Crippen MR) is 76.4 cm³/mol. The molecule has 1 aromatic heterocycles. The summed E-state index contributed by atoms with van der Waals surface area (Å²) in [7, 11) is 0. The van der Waals surface area contributed by atoms with Crippen LogP contribution in [-0.4, -0.2) is 15.8 Å². The lowest BCUT2D eigenvalue weighted by atomic mass is 9.90. The van der Waals surface area contributed by atoms with Gasteiger partial charge in [-0.2, -0.15) is 5.26 Å². The number of hydrogen-bond acceptors (Lipinski definition) is 2. The summed E-state index contributed by atoms with van der Waals surface area (Å²) < 4.78 is 0. The molecule has 0 aliphatic carbocycles. The summed E-state index contributed by atoms with van der Waals surface area (Å²) in [6, 6.07) is 10.2. The standard InChI is InChI=1S/C16H13N3O/c1-11(20)19-7-6-13(12(8-17)10-19)15-9-18-16-5-3-2-4-14(15)16/h2-7,9-10,13,18H,1H3. The SMILES string of the molecule is CC(=O)N1C=CC(c2c[nH]c3ccccc23)C(C#N)=C1. The smallest absolute Gasteiger partial charge is 0.227 e. The minimum absolute atomic E-state index is 0.105. The van der Waals surface area contributed by atoms with Gasteiger partial charge in [0, 0.05) is 42.3 Å². The Balaban J connectivity index is 2.07. The number of nitriles is 1. The molecule has 0 spiro atoms. The molecule has 4 heteroatoms. The number of rotatable bonds is 1. The number of para-hydroxylation sites is 1. The maximum Gasteiger partial charge on any atom is 0.227 e. The van der Waals surface area contributed by atoms with Gasteiger partial charge in [-0.15, -0.1) is 0 Å². The average Bonchev–Trinajstić information content (AvgIpc) is 2.90. The number of allylic oxidation sites excluding steroid dienone is 2. The highest BCUT2D eigenvalue weighted by atomic mass is 16.2. The fraction of sp³-hybridized carbons (Fsp3) is 0.125. The van der Waals surface area contributed by atoms with Crippen LogP contribution >= 0.6 is 0 Å². The molecule has 3 rings (SSSR count). The van der Waals surface area contributed by atoms with E-state index < -0.39 is 0 Å². The third-order valence-corrected chi connectivity index (χ3v) is 3.50. The normalized spacial score (nSPS) is 17.9. The van der Waals surface area contributed by atoms with Crippen LogP contribution in [0.1, 0.15) is 18.4 Å². The molecule has 1 unspecified atom stereocenters. The second-order valence-electron chi connectivity index (χ2n) is 4.73. The summed E-state index contributed by atoms with van der Waals surface area (Å²) in [4.78, 5) is 16.0. The fourth-order valence-corrected chi connectivity index (χ4v) is 2.47. The number of nitrogens with one attached hydrogen (secondary N) is 1. The molecular formula is C16H13N3O. The number of carbonyl (C=O) groups is 1. The fourth-order valence-electron chi connectivity index (χ4n) is 2.47. The second-order valence-corrected chi connectivity index (χ2v) is 4.73. The van der Waals surface area contributed by atoms with Gasteiger partial charge in [-0.1, -0.05) is 24.3 Å². The van der Waals surface area contributed by atoms with Gasteiger partial charge in [-0.05, 0) is 11.6 Å². The van der Waals surface area contributed by atoms with Crippen LogP contribution in [0.15, 0.2) is 54.5 Å². The molecule has 1 N–H and O–H groups in total. The summed E-state index contributed by atoms with van der Waals surface area (Å²) in [6.07, 6.45) is 7.13. The van der Waals surface area contributed by atoms with E-state index >= 15 is 0 Å². The van der Waals surface area contributed by atoms with E-state index in [1.165, 1.54) is 11.8 Å². The number of fused-ring (bicyclic) bond motifs is 1. The first-order chi connectivity index (χ1) is 9.70. The highest BCUT2D eigenvalue weighted by Gasteiger charge is 2.22. The Kier molecular flexibility index (Phi) is 2.88. The van der Waals surface area contributed by atoms with E-state index in [1.54, 1.807) is 12.4 Å². The lowest BCUT2D eigenvalue weighted by Crippen LogP contribution is -2.21. The van der Waals surface area contributed by atoms with Gasteiger partial charge in [0.1, 0.15) is 0 Å². The van der Waals surface area contributed by atoms with E-state index in [0.717, 1.165) is 16.5 Å². The molecule has 1 atom stereocenters. The van der Waals surface area contributed by atoms with E-state index in [9.17, 15) is 10.1 Å². The predicted octanol–water partition coefficient (Wildman–Crippen LogP) is 3.03. The van der Waals surface area contributed by atoms with Crippen molar-refractivity contribution < 1.29 is 4.79 Å². The molecule has 0 bridgehead atoms. The quantitative estimate of drug-likeness (QED) is 0.859. The molecule has 0 radical (unpaired) electrons. The van der Waals surface area contributed by atoms with Crippen molar-refractivity contribution in [2.45, 2.75) is 12.8 Å². The summed E-state index contributed by atoms with van der Waals surface area (Å²) in [6.45, 7) is 1.47. The van der Waals surface area contributed by atoms with Crippen molar-refractivity contribution in [1.82, 2.24) is 9.88 Å². The van der Waals surface area contributed by atoms with Gasteiger partial charge in [0.2, 0.25) is 5.91 Å². The monoisotopic (exact) mass is 263 g/mol. The Morgan fingerprint density at radius 2 is 2.20 bits per heavy atom. The minimum Gasteiger partial charge on any atom is -0.361 e. The van der Waals surface area contributed by atoms with Crippen LogP contribution in [0.2, 0.25) is 0 Å². The van der Waals surface area contributed by atoms with Gasteiger partial charge in [0.25, 0.3) is 0 Å². The Bertz CT molecular complexity index is 776. The topological polar surface area (TPSA) is 59.9 Å². The summed E-state index contributed by atoms with van der Waals surface area (Å²) in [5.41, 5.74) is 2.66. The van der Waals surface area contributed by atoms with Crippen LogP contribution in [0.5, 0.6) is 0 Å². The zero-order valence-corrected chi connectivity index (χ0v) is 11.0. The maximum absolute atomic E-state index is 11.4. The van der Waals surface area contributed by atoms with Crippen LogP contribution in [0, 0.1) is 11.3 Å². The molecular weight excluding hydrogens is 250 g/mol. The Morgan fingerprint density at radius 1 is 1.40 bits per heavy atom. The Labute approximate surface area is 116 Å². The van der Waals surface area contributed by atoms with E-state index in [0.29, 0.717) is 5.57 Å². The molecule has 0 saturated carbocycles. The molecule has 2 heterocycles. The van der Waals surface area contributed by atoms with Gasteiger partial charge in [-0.25, -0.2) is 0 Å². The number of aromatic nitrogens is 1. The van der Waals surface area contributed by atoms with Gasteiger partial charge in [0.15, 0.2) is 0 Å². The third kappa shape index (κ3) is 1.90. The maximum atomic E-state index is 11.4. The van der Waals surface area contributed by atoms with Gasteiger partial charge < -0.3 is 4.98 Å². The largest absolute Gasteiger partial charge is 0.361 e. The molecule has 1 aliphatic rings. The van der Waals surface area contributed by atoms with Crippen molar-refractivity contribution in [3.63, 3.8) is 0 Å². The van der Waals surface area contributed by atoms with E-state index in [2.05, 4.69) is 11.1 Å². The minimum atomic E-state index is -0.119. The lowest BCUT2D eigenvalue weighted by Gasteiger charge is -2.21. The van der Waals surface area contributed by atoms with Crippen LogP contribution in [0.3, 0.4) is 0 Å². The summed E-state index contributed by atoms with van der Waals surface area (Å²) >= 11 is 0. The first-order valence-corrected chi connectivity index (χ1v) is 6.36. The molecule has 0 fully saturated rings. The van der Waals surface area contributed by atoms with Crippen molar-refractivity contribution in [2.75, 3.05) is 0 Å². The highest BCUT2D eigenvalue weighted by Crippen LogP contribution is 2.33. The Hall–Kier alpha value is -2.80. The van der Waals surface area contributed by atoms with Crippen LogP contribution in [0.4, 0.5) is 0 Å². The van der Waals surface area contributed by atoms with Gasteiger partial charge >= 0.3 is 0 Å². The lowest BCUT2D eigenvalue weighted by molar-refractivity contribution is -0.124. The Morgan fingerprint density at radius 3 is 2.95 bits per heavy atom. The zero-order valence-electron chi connectivity index (χ0n) is 11.0. The van der Waals surface area contributed by atoms with Gasteiger partial charge in [0.05, 0.1) is 11.6 Å². The first kappa shape index (κ1) is 12.2. The van der Waals surface area contributed by atoms with Crippen LogP contribution < -0.4 is 0 Å². The second kappa shape index (κ2) is 4.71. The third-order valence-electron chi connectivity index (χ3n) is 3.50. The van der Waals surface area contributed by atoms with Crippen molar-refractivity contribution in [3.05, 3.63) is 60.1 Å². The van der Waals surface area contributed by atoms with E-state index in [-0.39, 0.29) is 11.8 Å². The number of hydrogen-bond donors (Lipinski definition) is 1. The first-order valence-electron chi connectivity index (χ1n) is 6.36. The molecule has 0 saturated heterocycles. The molecule has 2 aromatic rings. The van der Waals surface area contributed by atoms with Crippen molar-refractivity contribution in [2.24, 2.45) is 0 Å². The van der Waals surface area contributed by atoms with Crippen molar-refractivity contribution >= 4 is 16.8 Å².